The van der Waals surface area contributed by atoms with Gasteiger partial charge in [-0.1, -0.05) is 38.3 Å². The monoisotopic (exact) mass is 253 g/mol. The maximum atomic E-state index is 12.0. The second-order valence-corrected chi connectivity index (χ2v) is 4.68. The number of amides is 1. The zero-order valence-electron chi connectivity index (χ0n) is 10.5. The summed E-state index contributed by atoms with van der Waals surface area (Å²) >= 11 is 5.79. The first-order chi connectivity index (χ1) is 8.17. The summed E-state index contributed by atoms with van der Waals surface area (Å²) in [5.74, 6) is 0.230. The summed E-state index contributed by atoms with van der Waals surface area (Å²) in [5.41, 5.74) is 0.814. The van der Waals surface area contributed by atoms with E-state index < -0.39 is 0 Å². The lowest BCUT2D eigenvalue weighted by Gasteiger charge is -2.14. The number of nitrogens with one attached hydrogen (secondary N) is 1. The normalized spacial score (nSPS) is 12.2. The lowest BCUT2D eigenvalue weighted by atomic mass is 9.98. The van der Waals surface area contributed by atoms with Crippen molar-refractivity contribution in [2.24, 2.45) is 5.92 Å². The average Bonchev–Trinajstić information content (AvgIpc) is 2.33. The fraction of sp³-hybridized carbons (Fsp3) is 0.500. The molecule has 0 radical (unpaired) electrons. The van der Waals surface area contributed by atoms with E-state index in [1.165, 1.54) is 0 Å². The molecule has 0 saturated carbocycles. The van der Waals surface area contributed by atoms with E-state index in [4.69, 9.17) is 11.6 Å². The van der Waals surface area contributed by atoms with Crippen LogP contribution >= 0.6 is 11.6 Å². The van der Waals surface area contributed by atoms with E-state index in [0.29, 0.717) is 5.02 Å². The standard InChI is InChI=1S/C14H20ClNO/c1-3-5-6-11(4-2)14(17)16-13-9-7-12(15)8-10-13/h7-11H,3-6H2,1-2H3,(H,16,17)/t11-/m1/s1. The van der Waals surface area contributed by atoms with Gasteiger partial charge in [0.15, 0.2) is 0 Å². The molecule has 0 fully saturated rings. The van der Waals surface area contributed by atoms with Crippen molar-refractivity contribution < 1.29 is 4.79 Å². The van der Waals surface area contributed by atoms with E-state index >= 15 is 0 Å². The molecule has 0 aliphatic carbocycles. The van der Waals surface area contributed by atoms with Gasteiger partial charge in [-0.15, -0.1) is 0 Å². The summed E-state index contributed by atoms with van der Waals surface area (Å²) in [4.78, 5) is 12.0. The van der Waals surface area contributed by atoms with Gasteiger partial charge >= 0.3 is 0 Å². The molecule has 3 heteroatoms. The first-order valence-corrected chi connectivity index (χ1v) is 6.61. The van der Waals surface area contributed by atoms with Crippen LogP contribution in [-0.4, -0.2) is 5.91 Å². The molecule has 0 aliphatic heterocycles. The van der Waals surface area contributed by atoms with Crippen molar-refractivity contribution in [1.82, 2.24) is 0 Å². The van der Waals surface area contributed by atoms with Gasteiger partial charge in [0, 0.05) is 16.6 Å². The van der Waals surface area contributed by atoms with Crippen molar-refractivity contribution in [2.75, 3.05) is 5.32 Å². The van der Waals surface area contributed by atoms with Crippen LogP contribution in [0.15, 0.2) is 24.3 Å². The van der Waals surface area contributed by atoms with Crippen LogP contribution in [0.25, 0.3) is 0 Å². The summed E-state index contributed by atoms with van der Waals surface area (Å²) in [6.45, 7) is 4.20. The Bertz CT molecular complexity index is 348. The zero-order chi connectivity index (χ0) is 12.7. The van der Waals surface area contributed by atoms with Crippen LogP contribution in [-0.2, 0) is 4.79 Å². The highest BCUT2D eigenvalue weighted by Crippen LogP contribution is 2.17. The van der Waals surface area contributed by atoms with Crippen LogP contribution in [0, 0.1) is 5.92 Å². The predicted octanol–water partition coefficient (Wildman–Crippen LogP) is 4.49. The van der Waals surface area contributed by atoms with Gasteiger partial charge in [0.05, 0.1) is 0 Å². The highest BCUT2D eigenvalue weighted by atomic mass is 35.5. The highest BCUT2D eigenvalue weighted by molar-refractivity contribution is 6.30. The van der Waals surface area contributed by atoms with Crippen LogP contribution in [0.2, 0.25) is 5.02 Å². The van der Waals surface area contributed by atoms with Crippen molar-refractivity contribution in [3.05, 3.63) is 29.3 Å². The summed E-state index contributed by atoms with van der Waals surface area (Å²) < 4.78 is 0. The van der Waals surface area contributed by atoms with Gasteiger partial charge < -0.3 is 5.32 Å². The van der Waals surface area contributed by atoms with Gasteiger partial charge in [0.1, 0.15) is 0 Å². The Morgan fingerprint density at radius 3 is 2.47 bits per heavy atom. The third kappa shape index (κ3) is 4.78. The molecule has 0 bridgehead atoms. The van der Waals surface area contributed by atoms with Gasteiger partial charge in [0.2, 0.25) is 5.91 Å². The third-order valence-corrected chi connectivity index (χ3v) is 3.13. The van der Waals surface area contributed by atoms with Crippen LogP contribution in [0.1, 0.15) is 39.5 Å². The van der Waals surface area contributed by atoms with Crippen LogP contribution in [0.5, 0.6) is 0 Å². The number of hydrogen-bond acceptors (Lipinski definition) is 1. The highest BCUT2D eigenvalue weighted by Gasteiger charge is 2.15. The van der Waals surface area contributed by atoms with Gasteiger partial charge in [0.25, 0.3) is 0 Å². The van der Waals surface area contributed by atoms with Gasteiger partial charge in [-0.3, -0.25) is 4.79 Å². The van der Waals surface area contributed by atoms with E-state index in [2.05, 4.69) is 19.2 Å². The Balaban J connectivity index is 2.54. The number of carbonyl (C=O) groups excluding carboxylic acids is 1. The van der Waals surface area contributed by atoms with E-state index in [9.17, 15) is 4.79 Å². The molecule has 0 heterocycles. The summed E-state index contributed by atoms with van der Waals surface area (Å²) in [6, 6.07) is 7.22. The molecule has 0 spiro atoms. The zero-order valence-corrected chi connectivity index (χ0v) is 11.3. The maximum absolute atomic E-state index is 12.0. The Morgan fingerprint density at radius 2 is 1.94 bits per heavy atom. The Kier molecular flexibility index (Phi) is 6.06. The minimum Gasteiger partial charge on any atom is -0.326 e. The topological polar surface area (TPSA) is 29.1 Å². The van der Waals surface area contributed by atoms with Crippen LogP contribution < -0.4 is 5.32 Å². The molecule has 0 unspecified atom stereocenters. The number of carbonyl (C=O) groups is 1. The smallest absolute Gasteiger partial charge is 0.227 e. The molecule has 1 amide bonds. The fourth-order valence-corrected chi connectivity index (χ4v) is 1.87. The first kappa shape index (κ1) is 14.0. The molecular formula is C14H20ClNO. The lowest BCUT2D eigenvalue weighted by Crippen LogP contribution is -2.22. The van der Waals surface area contributed by atoms with Gasteiger partial charge in [-0.25, -0.2) is 0 Å². The second-order valence-electron chi connectivity index (χ2n) is 4.24. The molecule has 1 atom stereocenters. The number of halogens is 1. The van der Waals surface area contributed by atoms with E-state index in [-0.39, 0.29) is 11.8 Å². The predicted molar refractivity (Wildman–Crippen MR) is 73.4 cm³/mol. The number of unbranched alkanes of at least 4 members (excludes halogenated alkanes) is 1. The van der Waals surface area contributed by atoms with Crippen molar-refractivity contribution in [2.45, 2.75) is 39.5 Å². The van der Waals surface area contributed by atoms with Crippen molar-refractivity contribution in [3.8, 4) is 0 Å². The third-order valence-electron chi connectivity index (χ3n) is 2.88. The van der Waals surface area contributed by atoms with Gasteiger partial charge in [-0.05, 0) is 37.1 Å². The molecule has 0 saturated heterocycles. The molecule has 1 N–H and O–H groups in total. The number of hydrogen-bond donors (Lipinski definition) is 1. The summed E-state index contributed by atoms with van der Waals surface area (Å²) in [6.07, 6.45) is 4.09. The minimum atomic E-state index is 0.114. The number of anilines is 1. The van der Waals surface area contributed by atoms with Gasteiger partial charge in [-0.2, -0.15) is 0 Å². The Hall–Kier alpha value is -1.02. The minimum absolute atomic E-state index is 0.114. The molecule has 1 rings (SSSR count). The van der Waals surface area contributed by atoms with Crippen LogP contribution in [0.3, 0.4) is 0 Å². The molecule has 94 valence electrons. The quantitative estimate of drug-likeness (QED) is 0.795. The summed E-state index contributed by atoms with van der Waals surface area (Å²) in [7, 11) is 0. The Labute approximate surface area is 108 Å². The first-order valence-electron chi connectivity index (χ1n) is 6.23. The van der Waals surface area contributed by atoms with Crippen LogP contribution in [0.4, 0.5) is 5.69 Å². The molecule has 1 aromatic rings. The van der Waals surface area contributed by atoms with E-state index in [0.717, 1.165) is 31.4 Å². The molecular weight excluding hydrogens is 234 g/mol. The molecule has 0 aliphatic rings. The molecule has 2 nitrogen and oxygen atoms in total. The van der Waals surface area contributed by atoms with Crippen molar-refractivity contribution >= 4 is 23.2 Å². The maximum Gasteiger partial charge on any atom is 0.227 e. The van der Waals surface area contributed by atoms with E-state index in [1.807, 2.05) is 12.1 Å². The fourth-order valence-electron chi connectivity index (χ4n) is 1.75. The van der Waals surface area contributed by atoms with Crippen molar-refractivity contribution in [1.29, 1.82) is 0 Å². The SMILES string of the molecule is CCCC[C@@H](CC)C(=O)Nc1ccc(Cl)cc1. The number of rotatable bonds is 6. The Morgan fingerprint density at radius 1 is 1.29 bits per heavy atom. The molecule has 17 heavy (non-hydrogen) atoms. The molecule has 1 aromatic carbocycles. The second kappa shape index (κ2) is 7.33. The summed E-state index contributed by atoms with van der Waals surface area (Å²) in [5, 5.41) is 3.61. The lowest BCUT2D eigenvalue weighted by molar-refractivity contribution is -0.120. The van der Waals surface area contributed by atoms with E-state index in [1.54, 1.807) is 12.1 Å². The molecule has 0 aromatic heterocycles. The largest absolute Gasteiger partial charge is 0.326 e. The average molecular weight is 254 g/mol. The van der Waals surface area contributed by atoms with Crippen molar-refractivity contribution in [3.63, 3.8) is 0 Å². The number of benzene rings is 1.